The molecule has 0 N–H and O–H groups in total. The number of hydrogen-bond acceptors (Lipinski definition) is 4. The van der Waals surface area contributed by atoms with Gasteiger partial charge in [0.1, 0.15) is 18.5 Å². The van der Waals surface area contributed by atoms with Gasteiger partial charge >= 0.3 is 0 Å². The van der Waals surface area contributed by atoms with E-state index in [0.717, 1.165) is 17.9 Å². The van der Waals surface area contributed by atoms with Crippen LogP contribution in [0.1, 0.15) is 19.4 Å². The summed E-state index contributed by atoms with van der Waals surface area (Å²) in [6.07, 6.45) is 0.520. The summed E-state index contributed by atoms with van der Waals surface area (Å²) in [7, 11) is 0. The second-order valence-electron chi connectivity index (χ2n) is 4.85. The maximum atomic E-state index is 5.72. The molecule has 1 saturated heterocycles. The van der Waals surface area contributed by atoms with Crippen LogP contribution in [0.4, 0.5) is 0 Å². The summed E-state index contributed by atoms with van der Waals surface area (Å²) in [5.41, 5.74) is 1.06. The lowest BCUT2D eigenvalue weighted by molar-refractivity contribution is 0.0138. The van der Waals surface area contributed by atoms with Crippen LogP contribution >= 0.6 is 0 Å². The molecule has 1 fully saturated rings. The number of hydrogen-bond donors (Lipinski definition) is 0. The van der Waals surface area contributed by atoms with Crippen LogP contribution in [-0.4, -0.2) is 38.6 Å². The zero-order valence-electron chi connectivity index (χ0n) is 11.6. The molecule has 1 aromatic carbocycles. The van der Waals surface area contributed by atoms with E-state index in [1.165, 1.54) is 0 Å². The Morgan fingerprint density at radius 2 is 2.05 bits per heavy atom. The van der Waals surface area contributed by atoms with Crippen molar-refractivity contribution in [1.29, 1.82) is 0 Å². The van der Waals surface area contributed by atoms with Gasteiger partial charge in [-0.15, -0.1) is 0 Å². The van der Waals surface area contributed by atoms with Crippen molar-refractivity contribution in [3.8, 4) is 5.75 Å². The van der Waals surface area contributed by atoms with E-state index in [1.807, 2.05) is 38.1 Å². The Kier molecular flexibility index (Phi) is 5.63. The Hall–Kier alpha value is -1.10. The lowest BCUT2D eigenvalue weighted by Gasteiger charge is -2.12. The summed E-state index contributed by atoms with van der Waals surface area (Å²) < 4.78 is 21.9. The number of epoxide rings is 1. The highest BCUT2D eigenvalue weighted by Gasteiger charge is 2.23. The average molecular weight is 266 g/mol. The van der Waals surface area contributed by atoms with Gasteiger partial charge in [-0.25, -0.2) is 0 Å². The normalized spacial score (nSPS) is 17.7. The van der Waals surface area contributed by atoms with Crippen LogP contribution in [0.5, 0.6) is 5.75 Å². The van der Waals surface area contributed by atoms with E-state index in [9.17, 15) is 0 Å². The highest BCUT2D eigenvalue weighted by atomic mass is 16.6. The van der Waals surface area contributed by atoms with Crippen molar-refractivity contribution in [2.45, 2.75) is 32.7 Å². The summed E-state index contributed by atoms with van der Waals surface area (Å²) in [6.45, 7) is 7.23. The van der Waals surface area contributed by atoms with Gasteiger partial charge < -0.3 is 18.9 Å². The van der Waals surface area contributed by atoms with Gasteiger partial charge in [0.05, 0.1) is 32.5 Å². The minimum absolute atomic E-state index is 0.248. The molecular weight excluding hydrogens is 244 g/mol. The van der Waals surface area contributed by atoms with Crippen LogP contribution in [0.15, 0.2) is 24.3 Å². The molecule has 0 bridgehead atoms. The van der Waals surface area contributed by atoms with Crippen molar-refractivity contribution in [1.82, 2.24) is 0 Å². The lowest BCUT2D eigenvalue weighted by atomic mass is 10.2. The Labute approximate surface area is 114 Å². The fraction of sp³-hybridized carbons (Fsp3) is 0.600. The molecule has 0 saturated carbocycles. The van der Waals surface area contributed by atoms with Gasteiger partial charge in [-0.05, 0) is 19.9 Å². The smallest absolute Gasteiger partial charge is 0.124 e. The van der Waals surface area contributed by atoms with Crippen molar-refractivity contribution in [2.24, 2.45) is 0 Å². The van der Waals surface area contributed by atoms with Crippen LogP contribution in [-0.2, 0) is 20.8 Å². The van der Waals surface area contributed by atoms with Crippen LogP contribution in [0.2, 0.25) is 0 Å². The Balaban J connectivity index is 1.71. The molecule has 0 amide bonds. The quantitative estimate of drug-likeness (QED) is 0.508. The molecule has 0 aromatic heterocycles. The van der Waals surface area contributed by atoms with Gasteiger partial charge in [0.2, 0.25) is 0 Å². The largest absolute Gasteiger partial charge is 0.490 e. The van der Waals surface area contributed by atoms with Crippen LogP contribution < -0.4 is 4.74 Å². The fourth-order valence-electron chi connectivity index (χ4n) is 1.64. The first-order valence-corrected chi connectivity index (χ1v) is 6.77. The second kappa shape index (κ2) is 7.48. The summed E-state index contributed by atoms with van der Waals surface area (Å²) in [4.78, 5) is 0. The van der Waals surface area contributed by atoms with E-state index >= 15 is 0 Å². The van der Waals surface area contributed by atoms with Gasteiger partial charge in [0.15, 0.2) is 0 Å². The topological polar surface area (TPSA) is 40.2 Å². The van der Waals surface area contributed by atoms with Crippen LogP contribution in [0.3, 0.4) is 0 Å². The molecule has 4 heteroatoms. The summed E-state index contributed by atoms with van der Waals surface area (Å²) in [5, 5.41) is 0. The minimum Gasteiger partial charge on any atom is -0.490 e. The van der Waals surface area contributed by atoms with E-state index < -0.39 is 0 Å². The molecule has 1 aliphatic rings. The van der Waals surface area contributed by atoms with E-state index in [-0.39, 0.29) is 12.2 Å². The zero-order valence-corrected chi connectivity index (χ0v) is 11.6. The Morgan fingerprint density at radius 1 is 1.26 bits per heavy atom. The molecule has 1 unspecified atom stereocenters. The summed E-state index contributed by atoms with van der Waals surface area (Å²) in [5.74, 6) is 0.878. The number of rotatable bonds is 9. The lowest BCUT2D eigenvalue weighted by Crippen LogP contribution is -2.10. The molecule has 0 spiro atoms. The predicted molar refractivity (Wildman–Crippen MR) is 72.4 cm³/mol. The van der Waals surface area contributed by atoms with Crippen LogP contribution in [0, 0.1) is 0 Å². The van der Waals surface area contributed by atoms with Gasteiger partial charge in [0, 0.05) is 5.56 Å². The second-order valence-corrected chi connectivity index (χ2v) is 4.85. The number of benzene rings is 1. The molecule has 1 aliphatic heterocycles. The minimum atomic E-state index is 0.248. The first-order valence-electron chi connectivity index (χ1n) is 6.77. The highest BCUT2D eigenvalue weighted by Crippen LogP contribution is 2.20. The molecule has 106 valence electrons. The predicted octanol–water partition coefficient (Wildman–Crippen LogP) is 2.41. The molecule has 2 rings (SSSR count). The molecule has 0 radical (unpaired) electrons. The van der Waals surface area contributed by atoms with Crippen molar-refractivity contribution in [2.75, 3.05) is 26.4 Å². The van der Waals surface area contributed by atoms with Gasteiger partial charge in [-0.2, -0.15) is 0 Å². The molecule has 19 heavy (non-hydrogen) atoms. The first kappa shape index (κ1) is 14.3. The summed E-state index contributed by atoms with van der Waals surface area (Å²) in [6, 6.07) is 7.94. The van der Waals surface area contributed by atoms with Gasteiger partial charge in [0.25, 0.3) is 0 Å². The standard InChI is InChI=1S/C15H22O4/c1-12(2)17-8-7-16-9-13-5-3-4-6-15(13)19-11-14-10-18-14/h3-6,12,14H,7-11H2,1-2H3. The fourth-order valence-corrected chi connectivity index (χ4v) is 1.64. The third-order valence-electron chi connectivity index (χ3n) is 2.74. The molecule has 1 aromatic rings. The third kappa shape index (κ3) is 5.59. The monoisotopic (exact) mass is 266 g/mol. The SMILES string of the molecule is CC(C)OCCOCc1ccccc1OCC1CO1. The summed E-state index contributed by atoms with van der Waals surface area (Å²) >= 11 is 0. The van der Waals surface area contributed by atoms with Crippen molar-refractivity contribution in [3.63, 3.8) is 0 Å². The van der Waals surface area contributed by atoms with Gasteiger partial charge in [-0.3, -0.25) is 0 Å². The van der Waals surface area contributed by atoms with E-state index in [2.05, 4.69) is 0 Å². The van der Waals surface area contributed by atoms with E-state index in [4.69, 9.17) is 18.9 Å². The maximum absolute atomic E-state index is 5.72. The third-order valence-corrected chi connectivity index (χ3v) is 2.74. The number of ether oxygens (including phenoxy) is 4. The van der Waals surface area contributed by atoms with E-state index in [1.54, 1.807) is 0 Å². The molecular formula is C15H22O4. The molecule has 1 atom stereocenters. The van der Waals surface area contributed by atoms with Gasteiger partial charge in [-0.1, -0.05) is 18.2 Å². The van der Waals surface area contributed by atoms with Crippen molar-refractivity contribution < 1.29 is 18.9 Å². The van der Waals surface area contributed by atoms with E-state index in [0.29, 0.717) is 26.4 Å². The Morgan fingerprint density at radius 3 is 2.79 bits per heavy atom. The van der Waals surface area contributed by atoms with Crippen LogP contribution in [0.25, 0.3) is 0 Å². The molecule has 4 nitrogen and oxygen atoms in total. The van der Waals surface area contributed by atoms with Crippen molar-refractivity contribution >= 4 is 0 Å². The first-order chi connectivity index (χ1) is 9.25. The maximum Gasteiger partial charge on any atom is 0.124 e. The average Bonchev–Trinajstić information content (AvgIpc) is 3.21. The highest BCUT2D eigenvalue weighted by molar-refractivity contribution is 5.32. The Bertz CT molecular complexity index is 374. The molecule has 0 aliphatic carbocycles. The van der Waals surface area contributed by atoms with Crippen molar-refractivity contribution in [3.05, 3.63) is 29.8 Å². The molecule has 1 heterocycles. The zero-order chi connectivity index (χ0) is 13.5. The number of para-hydroxylation sites is 1.